The van der Waals surface area contributed by atoms with Gasteiger partial charge in [0.15, 0.2) is 0 Å². The molecule has 2 aromatic carbocycles. The molecule has 36 heavy (non-hydrogen) atoms. The molecule has 10 heteroatoms. The predicted octanol–water partition coefficient (Wildman–Crippen LogP) is 2.44. The van der Waals surface area contributed by atoms with Crippen molar-refractivity contribution in [2.75, 3.05) is 41.0 Å². The molecule has 1 aliphatic rings. The van der Waals surface area contributed by atoms with Crippen LogP contribution in [-0.2, 0) is 31.0 Å². The lowest BCUT2D eigenvalue weighted by molar-refractivity contribution is -0.143. The van der Waals surface area contributed by atoms with Crippen LogP contribution in [0.15, 0.2) is 42.5 Å². The van der Waals surface area contributed by atoms with Crippen molar-refractivity contribution in [3.8, 4) is 5.75 Å². The smallest absolute Gasteiger partial charge is 0.241 e. The summed E-state index contributed by atoms with van der Waals surface area (Å²) in [6.07, 6.45) is -0.157. The molecule has 4 rings (SSSR count). The van der Waals surface area contributed by atoms with Gasteiger partial charge in [-0.1, -0.05) is 18.2 Å². The zero-order valence-corrected chi connectivity index (χ0v) is 20.5. The molecule has 0 bridgehead atoms. The zero-order valence-electron chi connectivity index (χ0n) is 20.5. The molecule has 3 aromatic rings. The lowest BCUT2D eigenvalue weighted by Crippen LogP contribution is -2.44. The van der Waals surface area contributed by atoms with Gasteiger partial charge in [0, 0.05) is 51.6 Å². The minimum atomic E-state index is -1.60. The molecule has 9 nitrogen and oxygen atoms in total. The first-order valence-corrected chi connectivity index (χ1v) is 11.6. The summed E-state index contributed by atoms with van der Waals surface area (Å²) in [6.45, 7) is 0.520. The standard InChI is InChI=1S/C26H29FN4O5/c1-30(11-10-22-28-20-9-8-17(36-3)14-21(20)29-22)23(32)15-26(18-6-4-5-7-19(18)27)16-24(33)31(25(26)34)12-13-35-2/h4-9,14H,10-13,15-16H2,1-3H3,(H,28,29)/t26-/m1/s1. The Morgan fingerprint density at radius 2 is 2.00 bits per heavy atom. The molecule has 1 atom stereocenters. The van der Waals surface area contributed by atoms with Crippen molar-refractivity contribution in [2.45, 2.75) is 24.7 Å². The minimum absolute atomic E-state index is 0.0469. The molecule has 0 aliphatic carbocycles. The Balaban J connectivity index is 1.52. The van der Waals surface area contributed by atoms with Crippen LogP contribution in [0.3, 0.4) is 0 Å². The number of imidazole rings is 1. The molecule has 1 saturated heterocycles. The van der Waals surface area contributed by atoms with Crippen molar-refractivity contribution < 1.29 is 28.2 Å². The van der Waals surface area contributed by atoms with E-state index in [9.17, 15) is 18.8 Å². The van der Waals surface area contributed by atoms with Crippen molar-refractivity contribution in [3.63, 3.8) is 0 Å². The second-order valence-corrected chi connectivity index (χ2v) is 8.89. The topological polar surface area (TPSA) is 105 Å². The first-order valence-electron chi connectivity index (χ1n) is 11.6. The van der Waals surface area contributed by atoms with Crippen LogP contribution in [0.4, 0.5) is 4.39 Å². The number of amides is 3. The van der Waals surface area contributed by atoms with E-state index in [0.717, 1.165) is 15.9 Å². The van der Waals surface area contributed by atoms with Crippen molar-refractivity contribution in [1.29, 1.82) is 0 Å². The maximum atomic E-state index is 14.9. The number of nitrogens with one attached hydrogen (secondary N) is 1. The average molecular weight is 497 g/mol. The molecule has 2 heterocycles. The SMILES string of the molecule is COCCN1C(=O)C[C@](CC(=O)N(C)CCc2nc3ccc(OC)cc3[nH]2)(c2ccccc2F)C1=O. The van der Waals surface area contributed by atoms with Crippen LogP contribution in [0.5, 0.6) is 5.75 Å². The van der Waals surface area contributed by atoms with Gasteiger partial charge < -0.3 is 19.4 Å². The number of likely N-dealkylation sites (N-methyl/N-ethyl adjacent to an activating group) is 1. The fraction of sp³-hybridized carbons (Fsp3) is 0.385. The fourth-order valence-corrected chi connectivity index (χ4v) is 4.58. The largest absolute Gasteiger partial charge is 0.497 e. The first-order chi connectivity index (χ1) is 17.3. The number of ether oxygens (including phenoxy) is 2. The summed E-state index contributed by atoms with van der Waals surface area (Å²) in [7, 11) is 4.67. The number of benzene rings is 2. The lowest BCUT2D eigenvalue weighted by Gasteiger charge is -2.29. The number of likely N-dealkylation sites (tertiary alicyclic amines) is 1. The molecule has 1 fully saturated rings. The van der Waals surface area contributed by atoms with E-state index in [1.54, 1.807) is 20.2 Å². The monoisotopic (exact) mass is 496 g/mol. The molecule has 0 radical (unpaired) electrons. The third-order valence-corrected chi connectivity index (χ3v) is 6.62. The van der Waals surface area contributed by atoms with Crippen molar-refractivity contribution >= 4 is 28.8 Å². The highest BCUT2D eigenvalue weighted by atomic mass is 19.1. The van der Waals surface area contributed by atoms with Crippen molar-refractivity contribution in [3.05, 3.63) is 59.7 Å². The lowest BCUT2D eigenvalue weighted by atomic mass is 9.75. The third kappa shape index (κ3) is 4.81. The van der Waals surface area contributed by atoms with Gasteiger partial charge in [0.05, 0.1) is 36.7 Å². The number of nitrogens with zero attached hydrogens (tertiary/aromatic N) is 3. The van der Waals surface area contributed by atoms with Crippen LogP contribution < -0.4 is 4.74 Å². The Kier molecular flexibility index (Phi) is 7.35. The Labute approximate surface area is 208 Å². The first kappa shape index (κ1) is 25.3. The number of hydrogen-bond donors (Lipinski definition) is 1. The molecule has 1 aromatic heterocycles. The second-order valence-electron chi connectivity index (χ2n) is 8.89. The molecule has 190 valence electrons. The molecule has 1 aliphatic heterocycles. The van der Waals surface area contributed by atoms with E-state index >= 15 is 0 Å². The Hall–Kier alpha value is -3.79. The molecule has 3 amide bonds. The highest BCUT2D eigenvalue weighted by Gasteiger charge is 2.54. The highest BCUT2D eigenvalue weighted by molar-refractivity contribution is 6.10. The van der Waals surface area contributed by atoms with Crippen molar-refractivity contribution in [1.82, 2.24) is 19.8 Å². The van der Waals surface area contributed by atoms with E-state index in [0.29, 0.717) is 24.5 Å². The molecule has 1 N–H and O–H groups in total. The quantitative estimate of drug-likeness (QED) is 0.433. The number of methoxy groups -OCH3 is 2. The number of hydrogen-bond acceptors (Lipinski definition) is 6. The van der Waals surface area contributed by atoms with Crippen LogP contribution in [0.2, 0.25) is 0 Å². The molecule has 0 unspecified atom stereocenters. The van der Waals surface area contributed by atoms with E-state index in [1.807, 2.05) is 18.2 Å². The average Bonchev–Trinajstić information content (AvgIpc) is 3.38. The van der Waals surface area contributed by atoms with Gasteiger partial charge in [0.1, 0.15) is 17.4 Å². The third-order valence-electron chi connectivity index (χ3n) is 6.62. The maximum absolute atomic E-state index is 14.9. The number of H-pyrrole nitrogens is 1. The Bertz CT molecular complexity index is 1290. The fourth-order valence-electron chi connectivity index (χ4n) is 4.58. The van der Waals surface area contributed by atoms with E-state index in [1.165, 1.54) is 30.2 Å². The predicted molar refractivity (Wildman–Crippen MR) is 130 cm³/mol. The number of imide groups is 1. The Morgan fingerprint density at radius 1 is 1.22 bits per heavy atom. The van der Waals surface area contributed by atoms with Crippen LogP contribution in [0, 0.1) is 5.82 Å². The summed E-state index contributed by atoms with van der Waals surface area (Å²) >= 11 is 0. The van der Waals surface area contributed by atoms with Gasteiger partial charge in [-0.2, -0.15) is 0 Å². The number of carbonyl (C=O) groups excluding carboxylic acids is 3. The molecule has 0 spiro atoms. The van der Waals surface area contributed by atoms with Gasteiger partial charge in [0.2, 0.25) is 17.7 Å². The number of carbonyl (C=O) groups is 3. The van der Waals surface area contributed by atoms with Gasteiger partial charge in [-0.25, -0.2) is 9.37 Å². The van der Waals surface area contributed by atoms with Gasteiger partial charge in [-0.15, -0.1) is 0 Å². The van der Waals surface area contributed by atoms with Crippen LogP contribution in [0.1, 0.15) is 24.2 Å². The van der Waals surface area contributed by atoms with E-state index in [4.69, 9.17) is 9.47 Å². The highest BCUT2D eigenvalue weighted by Crippen LogP contribution is 2.41. The number of halogens is 1. The number of rotatable bonds is 10. The molecule has 0 saturated carbocycles. The number of aromatic nitrogens is 2. The second kappa shape index (κ2) is 10.4. The summed E-state index contributed by atoms with van der Waals surface area (Å²) < 4.78 is 25.1. The van der Waals surface area contributed by atoms with E-state index in [2.05, 4.69) is 9.97 Å². The van der Waals surface area contributed by atoms with Gasteiger partial charge in [-0.3, -0.25) is 19.3 Å². The summed E-state index contributed by atoms with van der Waals surface area (Å²) in [5.74, 6) is -0.624. The van der Waals surface area contributed by atoms with Crippen LogP contribution >= 0.6 is 0 Å². The number of aromatic amines is 1. The van der Waals surface area contributed by atoms with Gasteiger partial charge in [-0.05, 0) is 18.2 Å². The Morgan fingerprint density at radius 3 is 2.72 bits per heavy atom. The van der Waals surface area contributed by atoms with Gasteiger partial charge in [0.25, 0.3) is 0 Å². The molecular formula is C26H29FN4O5. The summed E-state index contributed by atoms with van der Waals surface area (Å²) in [5, 5.41) is 0. The number of fused-ring (bicyclic) bond motifs is 1. The summed E-state index contributed by atoms with van der Waals surface area (Å²) in [5.41, 5.74) is 0.0565. The normalized spacial score (nSPS) is 17.7. The summed E-state index contributed by atoms with van der Waals surface area (Å²) in [6, 6.07) is 11.3. The van der Waals surface area contributed by atoms with Gasteiger partial charge >= 0.3 is 0 Å². The van der Waals surface area contributed by atoms with E-state index in [-0.39, 0.29) is 37.5 Å². The molecular weight excluding hydrogens is 467 g/mol. The zero-order chi connectivity index (χ0) is 25.9. The van der Waals surface area contributed by atoms with Crippen molar-refractivity contribution in [2.24, 2.45) is 0 Å². The van der Waals surface area contributed by atoms with Crippen LogP contribution in [0.25, 0.3) is 11.0 Å². The summed E-state index contributed by atoms with van der Waals surface area (Å²) in [4.78, 5) is 49.8. The maximum Gasteiger partial charge on any atom is 0.241 e. The van der Waals surface area contributed by atoms with E-state index < -0.39 is 23.0 Å². The minimum Gasteiger partial charge on any atom is -0.497 e. The van der Waals surface area contributed by atoms with Crippen LogP contribution in [-0.4, -0.2) is 78.5 Å².